The normalized spacial score (nSPS) is 10.3. The van der Waals surface area contributed by atoms with Gasteiger partial charge in [0, 0.05) is 12.1 Å². The van der Waals surface area contributed by atoms with Crippen LogP contribution in [-0.4, -0.2) is 49.0 Å². The van der Waals surface area contributed by atoms with Gasteiger partial charge in [-0.25, -0.2) is 13.9 Å². The number of nitrogens with two attached hydrogens (primary N) is 1. The Morgan fingerprint density at radius 3 is 2.57 bits per heavy atom. The summed E-state index contributed by atoms with van der Waals surface area (Å²) in [5.74, 6) is -0.510. The van der Waals surface area contributed by atoms with E-state index in [-0.39, 0.29) is 23.9 Å². The van der Waals surface area contributed by atoms with Gasteiger partial charge in [0.15, 0.2) is 18.1 Å². The van der Waals surface area contributed by atoms with Crippen molar-refractivity contribution in [2.45, 2.75) is 12.8 Å². The lowest BCUT2D eigenvalue weighted by Crippen LogP contribution is -2.25. The van der Waals surface area contributed by atoms with Crippen molar-refractivity contribution in [3.05, 3.63) is 65.1 Å². The van der Waals surface area contributed by atoms with Crippen LogP contribution in [0.5, 0.6) is 11.5 Å². The van der Waals surface area contributed by atoms with Crippen molar-refractivity contribution in [1.82, 2.24) is 15.1 Å². The third-order valence-electron chi connectivity index (χ3n) is 5.05. The number of carbonyl (C=O) groups excluding carboxylic acids is 2. The Hall–Kier alpha value is -4.59. The van der Waals surface area contributed by atoms with Gasteiger partial charge >= 0.3 is 5.97 Å². The van der Waals surface area contributed by atoms with E-state index in [0.29, 0.717) is 47.8 Å². The van der Waals surface area contributed by atoms with E-state index in [2.05, 4.69) is 21.2 Å². The molecule has 0 fully saturated rings. The van der Waals surface area contributed by atoms with Crippen LogP contribution in [0.4, 0.5) is 10.2 Å². The number of nitrogens with one attached hydrogen (secondary N) is 1. The van der Waals surface area contributed by atoms with E-state index in [1.807, 2.05) is 0 Å². The maximum Gasteiger partial charge on any atom is 0.343 e. The largest absolute Gasteiger partial charge is 0.493 e. The Morgan fingerprint density at radius 1 is 1.17 bits per heavy atom. The number of methoxy groups -OCH3 is 2. The second kappa shape index (κ2) is 11.5. The van der Waals surface area contributed by atoms with Crippen molar-refractivity contribution in [2.24, 2.45) is 0 Å². The molecule has 0 saturated carbocycles. The molecule has 1 heterocycles. The predicted octanol–water partition coefficient (Wildman–Crippen LogP) is 2.39. The molecule has 0 radical (unpaired) electrons. The minimum Gasteiger partial charge on any atom is -0.493 e. The van der Waals surface area contributed by atoms with Crippen LogP contribution in [-0.2, 0) is 16.0 Å². The maximum absolute atomic E-state index is 13.2. The predicted molar refractivity (Wildman–Crippen MR) is 124 cm³/mol. The summed E-state index contributed by atoms with van der Waals surface area (Å²) in [5, 5.41) is 16.7. The minimum atomic E-state index is -0.544. The molecule has 1 aromatic heterocycles. The number of nitrogens with zero attached hydrogens (tertiary/aromatic N) is 3. The standard InChI is InChI=1S/C24H24FN5O5/c1-33-21-12-15(5-10-20(21)35-14-22(31)34-2)24(32)28-11-3-4-19-18(13-26)23(27)30(29-19)17-8-6-16(25)7-9-17/h5-10,12H,3-4,11,14,27H2,1-2H3,(H,28,32). The molecular weight excluding hydrogens is 457 g/mol. The second-order valence-electron chi connectivity index (χ2n) is 7.30. The molecule has 182 valence electrons. The number of esters is 1. The first-order chi connectivity index (χ1) is 16.9. The number of benzene rings is 2. The smallest absolute Gasteiger partial charge is 0.343 e. The van der Waals surface area contributed by atoms with Gasteiger partial charge in [0.2, 0.25) is 0 Å². The molecule has 10 nitrogen and oxygen atoms in total. The summed E-state index contributed by atoms with van der Waals surface area (Å²) < 4.78 is 29.7. The molecule has 0 aliphatic carbocycles. The number of aromatic nitrogens is 2. The van der Waals surface area contributed by atoms with Gasteiger partial charge in [-0.05, 0) is 55.3 Å². The molecule has 0 bridgehead atoms. The van der Waals surface area contributed by atoms with Crippen molar-refractivity contribution >= 4 is 17.7 Å². The second-order valence-corrected chi connectivity index (χ2v) is 7.30. The molecule has 0 unspecified atom stereocenters. The van der Waals surface area contributed by atoms with Crippen molar-refractivity contribution in [2.75, 3.05) is 33.1 Å². The zero-order valence-corrected chi connectivity index (χ0v) is 19.2. The topological polar surface area (TPSA) is 141 Å². The van der Waals surface area contributed by atoms with Crippen LogP contribution in [0.2, 0.25) is 0 Å². The molecule has 0 aliphatic rings. The van der Waals surface area contributed by atoms with Crippen LogP contribution in [0.25, 0.3) is 5.69 Å². The number of nitrogen functional groups attached to an aromatic ring is 1. The number of hydrogen-bond acceptors (Lipinski definition) is 8. The maximum atomic E-state index is 13.2. The molecule has 11 heteroatoms. The van der Waals surface area contributed by atoms with Gasteiger partial charge in [-0.1, -0.05) is 0 Å². The van der Waals surface area contributed by atoms with Gasteiger partial charge in [0.25, 0.3) is 5.91 Å². The highest BCUT2D eigenvalue weighted by atomic mass is 19.1. The van der Waals surface area contributed by atoms with Crippen LogP contribution in [0.1, 0.15) is 28.0 Å². The number of aryl methyl sites for hydroxylation is 1. The van der Waals surface area contributed by atoms with Gasteiger partial charge in [-0.15, -0.1) is 0 Å². The Labute approximate surface area is 201 Å². The van der Waals surface area contributed by atoms with Crippen molar-refractivity contribution in [3.63, 3.8) is 0 Å². The number of ether oxygens (including phenoxy) is 3. The van der Waals surface area contributed by atoms with E-state index in [0.717, 1.165) is 0 Å². The lowest BCUT2D eigenvalue weighted by atomic mass is 10.1. The number of halogens is 1. The molecule has 0 spiro atoms. The lowest BCUT2D eigenvalue weighted by Gasteiger charge is -2.11. The minimum absolute atomic E-state index is 0.166. The Morgan fingerprint density at radius 2 is 1.91 bits per heavy atom. The molecule has 3 N–H and O–H groups in total. The zero-order valence-electron chi connectivity index (χ0n) is 19.2. The van der Waals surface area contributed by atoms with Crippen molar-refractivity contribution in [3.8, 4) is 23.3 Å². The number of hydrogen-bond donors (Lipinski definition) is 2. The first-order valence-electron chi connectivity index (χ1n) is 10.6. The summed E-state index contributed by atoms with van der Waals surface area (Å²) in [6.07, 6.45) is 0.892. The van der Waals surface area contributed by atoms with Crippen molar-refractivity contribution in [1.29, 1.82) is 5.26 Å². The molecule has 3 rings (SSSR count). The fraction of sp³-hybridized carbons (Fsp3) is 0.250. The first-order valence-corrected chi connectivity index (χ1v) is 10.6. The van der Waals surface area contributed by atoms with E-state index < -0.39 is 11.8 Å². The highest BCUT2D eigenvalue weighted by molar-refractivity contribution is 5.94. The monoisotopic (exact) mass is 481 g/mol. The fourth-order valence-corrected chi connectivity index (χ4v) is 3.24. The number of carbonyl (C=O) groups is 2. The van der Waals surface area contributed by atoms with Crippen LogP contribution in [0, 0.1) is 17.1 Å². The van der Waals surface area contributed by atoms with Gasteiger partial charge < -0.3 is 25.3 Å². The average Bonchev–Trinajstić information content (AvgIpc) is 3.20. The summed E-state index contributed by atoms with van der Waals surface area (Å²) in [7, 11) is 2.68. The van der Waals surface area contributed by atoms with E-state index >= 15 is 0 Å². The van der Waals surface area contributed by atoms with E-state index in [1.54, 1.807) is 6.07 Å². The summed E-state index contributed by atoms with van der Waals surface area (Å²) in [4.78, 5) is 23.8. The van der Waals surface area contributed by atoms with Gasteiger partial charge in [0.1, 0.15) is 23.3 Å². The Balaban J connectivity index is 1.59. The molecule has 2 aromatic carbocycles. The number of nitriles is 1. The average molecular weight is 481 g/mol. The quantitative estimate of drug-likeness (QED) is 0.332. The molecular formula is C24H24FN5O5. The SMILES string of the molecule is COC(=O)COc1ccc(C(=O)NCCCc2nn(-c3ccc(F)cc3)c(N)c2C#N)cc1OC. The molecule has 3 aromatic rings. The molecule has 0 atom stereocenters. The number of amides is 1. The third-order valence-corrected chi connectivity index (χ3v) is 5.05. The van der Waals surface area contributed by atoms with Gasteiger partial charge in [-0.3, -0.25) is 4.79 Å². The highest BCUT2D eigenvalue weighted by Gasteiger charge is 2.17. The van der Waals surface area contributed by atoms with Crippen molar-refractivity contribution < 1.29 is 28.2 Å². The van der Waals surface area contributed by atoms with Gasteiger partial charge in [0.05, 0.1) is 25.6 Å². The summed E-state index contributed by atoms with van der Waals surface area (Å²) >= 11 is 0. The lowest BCUT2D eigenvalue weighted by molar-refractivity contribution is -0.142. The summed E-state index contributed by atoms with van der Waals surface area (Å²) in [5.41, 5.74) is 7.67. The van der Waals surface area contributed by atoms with Crippen LogP contribution in [0.15, 0.2) is 42.5 Å². The van der Waals surface area contributed by atoms with E-state index in [9.17, 15) is 19.2 Å². The summed E-state index contributed by atoms with van der Waals surface area (Å²) in [6.45, 7) is 0.0282. The molecule has 1 amide bonds. The number of anilines is 1. The number of rotatable bonds is 10. The third kappa shape index (κ3) is 6.05. The summed E-state index contributed by atoms with van der Waals surface area (Å²) in [6, 6.07) is 12.2. The van der Waals surface area contributed by atoms with Crippen LogP contribution in [0.3, 0.4) is 0 Å². The van der Waals surface area contributed by atoms with Gasteiger partial charge in [-0.2, -0.15) is 10.4 Å². The highest BCUT2D eigenvalue weighted by Crippen LogP contribution is 2.28. The molecule has 0 saturated heterocycles. The van der Waals surface area contributed by atoms with Crippen LogP contribution >= 0.6 is 0 Å². The molecule has 35 heavy (non-hydrogen) atoms. The Bertz CT molecular complexity index is 1250. The molecule has 0 aliphatic heterocycles. The first kappa shape index (κ1) is 25.0. The van der Waals surface area contributed by atoms with Crippen LogP contribution < -0.4 is 20.5 Å². The Kier molecular flexibility index (Phi) is 8.24. The van der Waals surface area contributed by atoms with E-state index in [4.69, 9.17) is 15.2 Å². The fourth-order valence-electron chi connectivity index (χ4n) is 3.24. The zero-order chi connectivity index (χ0) is 25.4. The van der Waals surface area contributed by atoms with E-state index in [1.165, 1.54) is 55.3 Å².